The summed E-state index contributed by atoms with van der Waals surface area (Å²) in [5.41, 5.74) is 2.86. The van der Waals surface area contributed by atoms with Gasteiger partial charge in [0.2, 0.25) is 5.95 Å². The van der Waals surface area contributed by atoms with E-state index < -0.39 is 5.69 Å². The monoisotopic (exact) mass is 487 g/mol. The maximum Gasteiger partial charge on any atom is 0.332 e. The molecule has 0 spiro atoms. The zero-order chi connectivity index (χ0) is 25.4. The summed E-state index contributed by atoms with van der Waals surface area (Å²) in [6.07, 6.45) is 0. The Hall–Kier alpha value is -4.34. The van der Waals surface area contributed by atoms with Crippen LogP contribution in [0.25, 0.3) is 11.2 Å². The van der Waals surface area contributed by atoms with Gasteiger partial charge >= 0.3 is 11.7 Å². The molecule has 1 N–H and O–H groups in total. The van der Waals surface area contributed by atoms with Gasteiger partial charge in [0.1, 0.15) is 0 Å². The van der Waals surface area contributed by atoms with Crippen molar-refractivity contribution in [1.29, 1.82) is 0 Å². The number of hydrogen-bond acceptors (Lipinski definition) is 5. The molecular formula is C26H29N7O3. The number of aromatic nitrogens is 4. The van der Waals surface area contributed by atoms with E-state index in [4.69, 9.17) is 4.98 Å². The van der Waals surface area contributed by atoms with Crippen LogP contribution in [-0.2, 0) is 20.6 Å². The predicted octanol–water partition coefficient (Wildman–Crippen LogP) is 2.14. The average Bonchev–Trinajstić information content (AvgIpc) is 3.26. The van der Waals surface area contributed by atoms with E-state index in [1.165, 1.54) is 11.6 Å². The number of rotatable bonds is 4. The van der Waals surface area contributed by atoms with Gasteiger partial charge in [-0.3, -0.25) is 18.5 Å². The minimum absolute atomic E-state index is 0.148. The maximum absolute atomic E-state index is 13.2. The molecule has 36 heavy (non-hydrogen) atoms. The lowest BCUT2D eigenvalue weighted by molar-refractivity contribution is 0.208. The molecule has 186 valence electrons. The lowest BCUT2D eigenvalue weighted by atomic mass is 10.1. The van der Waals surface area contributed by atoms with Gasteiger partial charge in [-0.2, -0.15) is 4.98 Å². The number of imidazole rings is 1. The number of nitrogens with one attached hydrogen (secondary N) is 1. The molecule has 0 bridgehead atoms. The number of benzene rings is 2. The van der Waals surface area contributed by atoms with Crippen LogP contribution in [0.5, 0.6) is 0 Å². The van der Waals surface area contributed by atoms with Gasteiger partial charge in [0.05, 0.1) is 6.54 Å². The zero-order valence-electron chi connectivity index (χ0n) is 20.6. The van der Waals surface area contributed by atoms with Gasteiger partial charge in [-0.15, -0.1) is 0 Å². The Balaban J connectivity index is 1.47. The van der Waals surface area contributed by atoms with Crippen LogP contribution in [0.3, 0.4) is 0 Å². The van der Waals surface area contributed by atoms with Crippen LogP contribution in [0, 0.1) is 6.92 Å². The Kier molecular flexibility index (Phi) is 6.09. The molecule has 10 nitrogen and oxygen atoms in total. The summed E-state index contributed by atoms with van der Waals surface area (Å²) in [6.45, 7) is 4.57. The summed E-state index contributed by atoms with van der Waals surface area (Å²) < 4.78 is 4.43. The topological polar surface area (TPSA) is 97.4 Å². The number of fused-ring (bicyclic) bond motifs is 1. The SMILES string of the molecule is Cc1cccc(Cn2c(N3CCN(C(=O)Nc4ccccc4)CC3)nc3c2c(=O)n(C)c(=O)n3C)c1. The van der Waals surface area contributed by atoms with E-state index in [0.29, 0.717) is 49.8 Å². The number of carbonyl (C=O) groups excluding carboxylic acids is 1. The van der Waals surface area contributed by atoms with Crippen molar-refractivity contribution in [2.45, 2.75) is 13.5 Å². The third-order valence-electron chi connectivity index (χ3n) is 6.63. The van der Waals surface area contributed by atoms with Gasteiger partial charge in [-0.1, -0.05) is 48.0 Å². The molecule has 2 aromatic carbocycles. The highest BCUT2D eigenvalue weighted by Gasteiger charge is 2.27. The summed E-state index contributed by atoms with van der Waals surface area (Å²) in [5, 5.41) is 2.93. The van der Waals surface area contributed by atoms with E-state index in [-0.39, 0.29) is 11.6 Å². The second kappa shape index (κ2) is 9.37. The molecule has 1 saturated heterocycles. The van der Waals surface area contributed by atoms with Crippen molar-refractivity contribution in [3.8, 4) is 0 Å². The van der Waals surface area contributed by atoms with E-state index >= 15 is 0 Å². The highest BCUT2D eigenvalue weighted by atomic mass is 16.2. The van der Waals surface area contributed by atoms with Crippen LogP contribution in [0.15, 0.2) is 64.2 Å². The predicted molar refractivity (Wildman–Crippen MR) is 140 cm³/mol. The standard InChI is InChI=1S/C26H29N7O3/c1-18-8-7-9-19(16-18)17-33-21-22(29(2)26(36)30(3)23(21)34)28-24(33)31-12-14-32(15-13-31)25(35)27-20-10-5-4-6-11-20/h4-11,16H,12-15,17H2,1-3H3,(H,27,35). The summed E-state index contributed by atoms with van der Waals surface area (Å²) in [4.78, 5) is 47.2. The summed E-state index contributed by atoms with van der Waals surface area (Å²) in [6, 6.07) is 17.3. The number of carbonyl (C=O) groups is 1. The van der Waals surface area contributed by atoms with E-state index in [2.05, 4.69) is 16.3 Å². The maximum atomic E-state index is 13.2. The van der Waals surface area contributed by atoms with Crippen LogP contribution < -0.4 is 21.5 Å². The zero-order valence-corrected chi connectivity index (χ0v) is 20.6. The molecule has 1 fully saturated rings. The first kappa shape index (κ1) is 23.4. The molecule has 0 aliphatic carbocycles. The van der Waals surface area contributed by atoms with Gasteiger partial charge < -0.3 is 15.1 Å². The number of piperazine rings is 1. The fourth-order valence-electron chi connectivity index (χ4n) is 4.65. The highest BCUT2D eigenvalue weighted by molar-refractivity contribution is 5.89. The van der Waals surface area contributed by atoms with Crippen molar-refractivity contribution in [2.75, 3.05) is 36.4 Å². The van der Waals surface area contributed by atoms with Crippen LogP contribution in [0.4, 0.5) is 16.4 Å². The Morgan fingerprint density at radius 1 is 0.944 bits per heavy atom. The number of aryl methyl sites for hydroxylation is 2. The van der Waals surface area contributed by atoms with Crippen LogP contribution in [0.2, 0.25) is 0 Å². The normalized spacial score (nSPS) is 13.9. The van der Waals surface area contributed by atoms with Crippen molar-refractivity contribution in [1.82, 2.24) is 23.6 Å². The van der Waals surface area contributed by atoms with E-state index in [9.17, 15) is 14.4 Å². The van der Waals surface area contributed by atoms with Gasteiger partial charge in [-0.05, 0) is 24.6 Å². The van der Waals surface area contributed by atoms with Crippen molar-refractivity contribution in [3.63, 3.8) is 0 Å². The van der Waals surface area contributed by atoms with E-state index in [1.54, 1.807) is 11.9 Å². The molecule has 1 aliphatic heterocycles. The third-order valence-corrected chi connectivity index (χ3v) is 6.63. The van der Waals surface area contributed by atoms with Gasteiger partial charge in [0.25, 0.3) is 5.56 Å². The highest BCUT2D eigenvalue weighted by Crippen LogP contribution is 2.23. The third kappa shape index (κ3) is 4.26. The minimum Gasteiger partial charge on any atom is -0.339 e. The average molecular weight is 488 g/mol. The van der Waals surface area contributed by atoms with Gasteiger partial charge in [0, 0.05) is 46.0 Å². The largest absolute Gasteiger partial charge is 0.339 e. The molecule has 0 atom stereocenters. The van der Waals surface area contributed by atoms with Crippen molar-refractivity contribution in [3.05, 3.63) is 86.6 Å². The van der Waals surface area contributed by atoms with E-state index in [1.807, 2.05) is 60.0 Å². The number of anilines is 2. The number of nitrogens with zero attached hydrogens (tertiary/aromatic N) is 6. The van der Waals surface area contributed by atoms with Gasteiger partial charge in [-0.25, -0.2) is 9.59 Å². The Bertz CT molecular complexity index is 1540. The van der Waals surface area contributed by atoms with Crippen molar-refractivity contribution in [2.24, 2.45) is 14.1 Å². The second-order valence-electron chi connectivity index (χ2n) is 9.14. The van der Waals surface area contributed by atoms with Gasteiger partial charge in [0.15, 0.2) is 11.2 Å². The molecule has 0 saturated carbocycles. The first-order valence-electron chi connectivity index (χ1n) is 11.9. The number of amides is 2. The number of urea groups is 1. The molecule has 1 aliphatic rings. The second-order valence-corrected chi connectivity index (χ2v) is 9.14. The summed E-state index contributed by atoms with van der Waals surface area (Å²) in [5.74, 6) is 0.618. The molecular weight excluding hydrogens is 458 g/mol. The molecule has 10 heteroatoms. The minimum atomic E-state index is -0.415. The molecule has 4 aromatic rings. The van der Waals surface area contributed by atoms with Crippen molar-refractivity contribution >= 4 is 28.8 Å². The first-order valence-corrected chi connectivity index (χ1v) is 11.9. The smallest absolute Gasteiger partial charge is 0.332 e. The fourth-order valence-corrected chi connectivity index (χ4v) is 4.65. The molecule has 2 amide bonds. The lowest BCUT2D eigenvalue weighted by Crippen LogP contribution is -2.50. The van der Waals surface area contributed by atoms with Crippen LogP contribution >= 0.6 is 0 Å². The summed E-state index contributed by atoms with van der Waals surface area (Å²) in [7, 11) is 3.11. The quantitative estimate of drug-likeness (QED) is 0.476. The lowest BCUT2D eigenvalue weighted by Gasteiger charge is -2.35. The number of hydrogen-bond donors (Lipinski definition) is 1. The molecule has 5 rings (SSSR count). The van der Waals surface area contributed by atoms with Crippen LogP contribution in [0.1, 0.15) is 11.1 Å². The molecule has 0 unspecified atom stereocenters. The Morgan fingerprint density at radius 2 is 1.67 bits per heavy atom. The molecule has 3 heterocycles. The fraction of sp³-hybridized carbons (Fsp3) is 0.308. The number of para-hydroxylation sites is 1. The Morgan fingerprint density at radius 3 is 2.36 bits per heavy atom. The first-order chi connectivity index (χ1) is 17.3. The van der Waals surface area contributed by atoms with E-state index in [0.717, 1.165) is 21.4 Å². The Labute approximate surface area is 208 Å². The molecule has 2 aromatic heterocycles. The summed E-state index contributed by atoms with van der Waals surface area (Å²) >= 11 is 0. The molecule has 0 radical (unpaired) electrons. The van der Waals surface area contributed by atoms with Crippen molar-refractivity contribution < 1.29 is 4.79 Å². The van der Waals surface area contributed by atoms with Crippen LogP contribution in [-0.4, -0.2) is 55.8 Å².